The number of hydrogen-bond donors (Lipinski definition) is 0. The molecular weight excluding hydrogens is 288 g/mol. The van der Waals surface area contributed by atoms with E-state index in [9.17, 15) is 4.79 Å². The largest absolute Gasteiger partial charge is 0.456 e. The molecule has 1 aromatic heterocycles. The summed E-state index contributed by atoms with van der Waals surface area (Å²) in [4.78, 5) is 18.0. The number of rotatable bonds is 7. The molecule has 0 saturated heterocycles. The Morgan fingerprint density at radius 3 is 2.95 bits per heavy atom. The SMILES string of the molecule is C=CCN(Cc1ccc(Cl)nc1)C1=C(CCC)C(=O)OC1. The molecule has 112 valence electrons. The number of hydrogen-bond acceptors (Lipinski definition) is 4. The third-order valence-electron chi connectivity index (χ3n) is 3.33. The van der Waals surface area contributed by atoms with E-state index in [0.717, 1.165) is 29.7 Å². The predicted octanol–water partition coefficient (Wildman–Crippen LogP) is 3.33. The van der Waals surface area contributed by atoms with Crippen molar-refractivity contribution in [3.63, 3.8) is 0 Å². The summed E-state index contributed by atoms with van der Waals surface area (Å²) in [5, 5.41) is 0.472. The van der Waals surface area contributed by atoms with E-state index >= 15 is 0 Å². The van der Waals surface area contributed by atoms with Gasteiger partial charge in [0.2, 0.25) is 0 Å². The van der Waals surface area contributed by atoms with Gasteiger partial charge in [0.1, 0.15) is 11.8 Å². The molecule has 0 spiro atoms. The van der Waals surface area contributed by atoms with E-state index in [-0.39, 0.29) is 5.97 Å². The molecule has 1 aromatic rings. The molecular formula is C16H19ClN2O2. The zero-order chi connectivity index (χ0) is 15.2. The van der Waals surface area contributed by atoms with Gasteiger partial charge in [-0.1, -0.05) is 37.1 Å². The highest BCUT2D eigenvalue weighted by atomic mass is 35.5. The minimum Gasteiger partial charge on any atom is -0.456 e. The van der Waals surface area contributed by atoms with Crippen LogP contribution >= 0.6 is 11.6 Å². The molecule has 4 nitrogen and oxygen atoms in total. The van der Waals surface area contributed by atoms with E-state index in [2.05, 4.69) is 23.4 Å². The van der Waals surface area contributed by atoms with Crippen LogP contribution in [0.2, 0.25) is 5.15 Å². The molecule has 0 amide bonds. The lowest BCUT2D eigenvalue weighted by Crippen LogP contribution is -2.24. The summed E-state index contributed by atoms with van der Waals surface area (Å²) >= 11 is 5.81. The van der Waals surface area contributed by atoms with Gasteiger partial charge in [0.15, 0.2) is 0 Å². The van der Waals surface area contributed by atoms with Gasteiger partial charge in [-0.05, 0) is 18.1 Å². The molecule has 0 unspecified atom stereocenters. The molecule has 0 fully saturated rings. The Kier molecular flexibility index (Phi) is 5.39. The number of esters is 1. The van der Waals surface area contributed by atoms with Crippen molar-refractivity contribution in [2.45, 2.75) is 26.3 Å². The van der Waals surface area contributed by atoms with Gasteiger partial charge in [-0.15, -0.1) is 6.58 Å². The minimum atomic E-state index is -0.199. The number of aromatic nitrogens is 1. The van der Waals surface area contributed by atoms with Crippen LogP contribution in [0.1, 0.15) is 25.3 Å². The molecule has 21 heavy (non-hydrogen) atoms. The first-order valence-corrected chi connectivity index (χ1v) is 7.39. The Morgan fingerprint density at radius 2 is 2.33 bits per heavy atom. The summed E-state index contributed by atoms with van der Waals surface area (Å²) in [5.74, 6) is -0.199. The maximum atomic E-state index is 11.8. The van der Waals surface area contributed by atoms with Gasteiger partial charge < -0.3 is 9.64 Å². The van der Waals surface area contributed by atoms with E-state index < -0.39 is 0 Å². The van der Waals surface area contributed by atoms with Gasteiger partial charge in [0.05, 0.1) is 11.3 Å². The molecule has 2 rings (SSSR count). The fourth-order valence-corrected chi connectivity index (χ4v) is 2.46. The van der Waals surface area contributed by atoms with Crippen LogP contribution in [0.5, 0.6) is 0 Å². The molecule has 1 aliphatic rings. The van der Waals surface area contributed by atoms with Gasteiger partial charge in [-0.25, -0.2) is 9.78 Å². The van der Waals surface area contributed by atoms with Crippen molar-refractivity contribution in [2.24, 2.45) is 0 Å². The molecule has 0 aliphatic carbocycles. The standard InChI is InChI=1S/C16H19ClN2O2/c1-3-5-13-14(11-21-16(13)20)19(8-4-2)10-12-6-7-15(17)18-9-12/h4,6-7,9H,2-3,5,8,10-11H2,1H3. The Hall–Kier alpha value is -1.81. The van der Waals surface area contributed by atoms with Crippen LogP contribution < -0.4 is 0 Å². The monoisotopic (exact) mass is 306 g/mol. The van der Waals surface area contributed by atoms with Gasteiger partial charge >= 0.3 is 5.97 Å². The molecule has 0 radical (unpaired) electrons. The second-order valence-electron chi connectivity index (χ2n) is 4.91. The predicted molar refractivity (Wildman–Crippen MR) is 82.7 cm³/mol. The average molecular weight is 307 g/mol. The van der Waals surface area contributed by atoms with Crippen molar-refractivity contribution in [3.05, 3.63) is 53.0 Å². The Balaban J connectivity index is 2.23. The van der Waals surface area contributed by atoms with Crippen LogP contribution in [0.15, 0.2) is 42.3 Å². The smallest absolute Gasteiger partial charge is 0.336 e. The zero-order valence-corrected chi connectivity index (χ0v) is 12.9. The third kappa shape index (κ3) is 3.85. The van der Waals surface area contributed by atoms with Crippen molar-refractivity contribution in [2.75, 3.05) is 13.2 Å². The number of carbonyl (C=O) groups is 1. The molecule has 0 aromatic carbocycles. The molecule has 5 heteroatoms. The second-order valence-corrected chi connectivity index (χ2v) is 5.30. The molecule has 0 bridgehead atoms. The van der Waals surface area contributed by atoms with Crippen LogP contribution in [0.3, 0.4) is 0 Å². The summed E-state index contributed by atoms with van der Waals surface area (Å²) < 4.78 is 5.19. The maximum Gasteiger partial charge on any atom is 0.336 e. The maximum absolute atomic E-state index is 11.8. The zero-order valence-electron chi connectivity index (χ0n) is 12.1. The number of ether oxygens (including phenoxy) is 1. The van der Waals surface area contributed by atoms with Gasteiger partial charge in [0, 0.05) is 19.3 Å². The number of carbonyl (C=O) groups excluding carboxylic acids is 1. The Labute approximate surface area is 130 Å². The Morgan fingerprint density at radius 1 is 1.52 bits per heavy atom. The first kappa shape index (κ1) is 15.6. The lowest BCUT2D eigenvalue weighted by Gasteiger charge is -2.24. The fraction of sp³-hybridized carbons (Fsp3) is 0.375. The van der Waals surface area contributed by atoms with Gasteiger partial charge in [-0.3, -0.25) is 0 Å². The number of pyridine rings is 1. The lowest BCUT2D eigenvalue weighted by atomic mass is 10.1. The van der Waals surface area contributed by atoms with Crippen LogP contribution in [-0.4, -0.2) is 29.0 Å². The topological polar surface area (TPSA) is 42.4 Å². The highest BCUT2D eigenvalue weighted by Crippen LogP contribution is 2.25. The fourth-order valence-electron chi connectivity index (χ4n) is 2.35. The second kappa shape index (κ2) is 7.27. The summed E-state index contributed by atoms with van der Waals surface area (Å²) in [6.07, 6.45) is 5.22. The first-order valence-electron chi connectivity index (χ1n) is 7.01. The number of nitrogens with zero attached hydrogens (tertiary/aromatic N) is 2. The number of halogens is 1. The molecule has 0 N–H and O–H groups in total. The van der Waals surface area contributed by atoms with Crippen LogP contribution in [0.25, 0.3) is 0 Å². The van der Waals surface area contributed by atoms with E-state index in [1.807, 2.05) is 12.1 Å². The third-order valence-corrected chi connectivity index (χ3v) is 3.55. The minimum absolute atomic E-state index is 0.199. The van der Waals surface area contributed by atoms with Crippen LogP contribution in [0, 0.1) is 0 Å². The summed E-state index contributed by atoms with van der Waals surface area (Å²) in [5.41, 5.74) is 2.77. The molecule has 1 aliphatic heterocycles. The summed E-state index contributed by atoms with van der Waals surface area (Å²) in [6.45, 7) is 7.48. The highest BCUT2D eigenvalue weighted by molar-refractivity contribution is 6.29. The van der Waals surface area contributed by atoms with Crippen molar-refractivity contribution >= 4 is 17.6 Å². The summed E-state index contributed by atoms with van der Waals surface area (Å²) in [7, 11) is 0. The lowest BCUT2D eigenvalue weighted by molar-refractivity contribution is -0.136. The van der Waals surface area contributed by atoms with Crippen LogP contribution in [0.4, 0.5) is 0 Å². The van der Waals surface area contributed by atoms with Gasteiger partial charge in [0.25, 0.3) is 0 Å². The quantitative estimate of drug-likeness (QED) is 0.440. The van der Waals surface area contributed by atoms with E-state index in [4.69, 9.17) is 16.3 Å². The normalized spacial score (nSPS) is 14.3. The van der Waals surface area contributed by atoms with Crippen molar-refractivity contribution in [1.29, 1.82) is 0 Å². The number of cyclic esters (lactones) is 1. The van der Waals surface area contributed by atoms with Crippen molar-refractivity contribution in [3.8, 4) is 0 Å². The highest BCUT2D eigenvalue weighted by Gasteiger charge is 2.27. The molecule has 0 saturated carbocycles. The molecule has 2 heterocycles. The Bertz CT molecular complexity index is 552. The molecule has 0 atom stereocenters. The summed E-state index contributed by atoms with van der Waals surface area (Å²) in [6, 6.07) is 3.70. The van der Waals surface area contributed by atoms with E-state index in [1.165, 1.54) is 0 Å². The average Bonchev–Trinajstić information content (AvgIpc) is 2.83. The van der Waals surface area contributed by atoms with E-state index in [0.29, 0.717) is 24.8 Å². The van der Waals surface area contributed by atoms with E-state index in [1.54, 1.807) is 12.3 Å². The first-order chi connectivity index (χ1) is 10.2. The van der Waals surface area contributed by atoms with Gasteiger partial charge in [-0.2, -0.15) is 0 Å². The van der Waals surface area contributed by atoms with Crippen LogP contribution in [-0.2, 0) is 16.1 Å². The van der Waals surface area contributed by atoms with Crippen molar-refractivity contribution < 1.29 is 9.53 Å². The van der Waals surface area contributed by atoms with Crippen molar-refractivity contribution in [1.82, 2.24) is 9.88 Å².